The zero-order valence-corrected chi connectivity index (χ0v) is 6.78. The molecule has 0 heterocycles. The number of hydrogen-bond acceptors (Lipinski definition) is 3. The van der Waals surface area contributed by atoms with E-state index in [9.17, 15) is 19.3 Å². The van der Waals surface area contributed by atoms with Crippen LogP contribution in [0.25, 0.3) is 0 Å². The average Bonchev–Trinajstić information content (AvgIpc) is 2.03. The SMILES string of the molecule is Cc1cc(F)c(C=O)cc1[N+](=O)[O-]. The summed E-state index contributed by atoms with van der Waals surface area (Å²) in [6.07, 6.45) is 0.252. The molecule has 0 atom stereocenters. The largest absolute Gasteiger partial charge is 0.298 e. The molecule has 0 aliphatic carbocycles. The number of nitro groups is 1. The molecule has 0 N–H and O–H groups in total. The van der Waals surface area contributed by atoms with Crippen LogP contribution in [0.1, 0.15) is 15.9 Å². The number of aldehydes is 1. The molecule has 1 aromatic carbocycles. The highest BCUT2D eigenvalue weighted by Crippen LogP contribution is 2.20. The van der Waals surface area contributed by atoms with Crippen LogP contribution in [0.2, 0.25) is 0 Å². The topological polar surface area (TPSA) is 60.2 Å². The van der Waals surface area contributed by atoms with Crippen LogP contribution in [0.5, 0.6) is 0 Å². The zero-order chi connectivity index (χ0) is 10.0. The number of benzene rings is 1. The Hall–Kier alpha value is -1.78. The Balaban J connectivity index is 3.38. The van der Waals surface area contributed by atoms with Crippen molar-refractivity contribution >= 4 is 12.0 Å². The highest BCUT2D eigenvalue weighted by Gasteiger charge is 2.14. The predicted molar refractivity (Wildman–Crippen MR) is 43.2 cm³/mol. The molecule has 68 valence electrons. The second-order valence-electron chi connectivity index (χ2n) is 2.54. The van der Waals surface area contributed by atoms with Crippen molar-refractivity contribution in [3.8, 4) is 0 Å². The lowest BCUT2D eigenvalue weighted by molar-refractivity contribution is -0.385. The zero-order valence-electron chi connectivity index (χ0n) is 6.78. The fourth-order valence-corrected chi connectivity index (χ4v) is 0.964. The van der Waals surface area contributed by atoms with E-state index in [1.54, 1.807) is 0 Å². The van der Waals surface area contributed by atoms with Gasteiger partial charge in [0.05, 0.1) is 10.5 Å². The molecule has 13 heavy (non-hydrogen) atoms. The predicted octanol–water partition coefficient (Wildman–Crippen LogP) is 1.85. The van der Waals surface area contributed by atoms with E-state index < -0.39 is 10.7 Å². The Kier molecular flexibility index (Phi) is 2.36. The first kappa shape index (κ1) is 9.31. The molecule has 0 unspecified atom stereocenters. The summed E-state index contributed by atoms with van der Waals surface area (Å²) in [6, 6.07) is 1.90. The van der Waals surface area contributed by atoms with Crippen molar-refractivity contribution in [2.75, 3.05) is 0 Å². The van der Waals surface area contributed by atoms with Crippen molar-refractivity contribution in [1.82, 2.24) is 0 Å². The van der Waals surface area contributed by atoms with Gasteiger partial charge >= 0.3 is 0 Å². The van der Waals surface area contributed by atoms with Crippen LogP contribution >= 0.6 is 0 Å². The molecule has 0 fully saturated rings. The first-order chi connectivity index (χ1) is 6.06. The van der Waals surface area contributed by atoms with Crippen LogP contribution < -0.4 is 0 Å². The summed E-state index contributed by atoms with van der Waals surface area (Å²) in [6.45, 7) is 1.41. The third kappa shape index (κ3) is 1.69. The maximum atomic E-state index is 12.8. The summed E-state index contributed by atoms with van der Waals surface area (Å²) in [5, 5.41) is 10.4. The molecule has 0 aliphatic rings. The average molecular weight is 183 g/mol. The molecule has 5 heteroatoms. The summed E-state index contributed by atoms with van der Waals surface area (Å²) in [4.78, 5) is 20.0. The monoisotopic (exact) mass is 183 g/mol. The Labute approximate surface area is 73.1 Å². The number of halogens is 1. The minimum Gasteiger partial charge on any atom is -0.298 e. The van der Waals surface area contributed by atoms with E-state index in [4.69, 9.17) is 0 Å². The molecular formula is C8H6FNO3. The van der Waals surface area contributed by atoms with E-state index in [1.807, 2.05) is 0 Å². The van der Waals surface area contributed by atoms with E-state index in [0.29, 0.717) is 0 Å². The summed E-state index contributed by atoms with van der Waals surface area (Å²) < 4.78 is 12.8. The molecule has 0 bridgehead atoms. The van der Waals surface area contributed by atoms with Gasteiger partial charge in [-0.3, -0.25) is 14.9 Å². The second-order valence-corrected chi connectivity index (χ2v) is 2.54. The van der Waals surface area contributed by atoms with Crippen LogP contribution in [0.3, 0.4) is 0 Å². The second kappa shape index (κ2) is 3.30. The third-order valence-electron chi connectivity index (χ3n) is 1.64. The Morgan fingerprint density at radius 2 is 2.15 bits per heavy atom. The lowest BCUT2D eigenvalue weighted by atomic mass is 10.1. The highest BCUT2D eigenvalue weighted by atomic mass is 19.1. The van der Waals surface area contributed by atoms with Gasteiger partial charge in [0.15, 0.2) is 6.29 Å². The normalized spacial score (nSPS) is 9.69. The van der Waals surface area contributed by atoms with E-state index in [0.717, 1.165) is 12.1 Å². The minimum atomic E-state index is -0.738. The van der Waals surface area contributed by atoms with Crippen molar-refractivity contribution in [3.63, 3.8) is 0 Å². The first-order valence-electron chi connectivity index (χ1n) is 3.46. The van der Waals surface area contributed by atoms with Gasteiger partial charge in [0.1, 0.15) is 5.82 Å². The molecule has 4 nitrogen and oxygen atoms in total. The van der Waals surface area contributed by atoms with Crippen molar-refractivity contribution in [2.45, 2.75) is 6.92 Å². The van der Waals surface area contributed by atoms with Crippen molar-refractivity contribution in [1.29, 1.82) is 0 Å². The van der Waals surface area contributed by atoms with E-state index in [1.165, 1.54) is 6.92 Å². The van der Waals surface area contributed by atoms with Gasteiger partial charge in [0, 0.05) is 11.6 Å². The van der Waals surface area contributed by atoms with Gasteiger partial charge in [0.25, 0.3) is 5.69 Å². The van der Waals surface area contributed by atoms with E-state index in [2.05, 4.69) is 0 Å². The molecule has 1 rings (SSSR count). The molecule has 0 aliphatic heterocycles. The van der Waals surface area contributed by atoms with E-state index in [-0.39, 0.29) is 23.1 Å². The van der Waals surface area contributed by atoms with Gasteiger partial charge in [-0.1, -0.05) is 0 Å². The number of aryl methyl sites for hydroxylation is 1. The highest BCUT2D eigenvalue weighted by molar-refractivity contribution is 5.77. The van der Waals surface area contributed by atoms with Gasteiger partial charge in [-0.15, -0.1) is 0 Å². The molecular weight excluding hydrogens is 177 g/mol. The van der Waals surface area contributed by atoms with Crippen molar-refractivity contribution in [2.24, 2.45) is 0 Å². The van der Waals surface area contributed by atoms with Crippen LogP contribution in [0, 0.1) is 22.9 Å². The lowest BCUT2D eigenvalue weighted by Gasteiger charge is -1.98. The molecule has 0 saturated heterocycles. The third-order valence-corrected chi connectivity index (χ3v) is 1.64. The van der Waals surface area contributed by atoms with E-state index >= 15 is 0 Å². The van der Waals surface area contributed by atoms with Gasteiger partial charge < -0.3 is 0 Å². The Bertz CT molecular complexity index is 376. The molecule has 0 radical (unpaired) electrons. The smallest absolute Gasteiger partial charge is 0.273 e. The number of carbonyl (C=O) groups is 1. The molecule has 0 aromatic heterocycles. The molecule has 1 aromatic rings. The van der Waals surface area contributed by atoms with Crippen molar-refractivity contribution < 1.29 is 14.1 Å². The fraction of sp³-hybridized carbons (Fsp3) is 0.125. The van der Waals surface area contributed by atoms with Crippen LogP contribution in [-0.2, 0) is 0 Å². The summed E-state index contributed by atoms with van der Waals surface area (Å²) in [7, 11) is 0. The van der Waals surface area contributed by atoms with Gasteiger partial charge in [-0.25, -0.2) is 4.39 Å². The minimum absolute atomic E-state index is 0.202. The number of hydrogen-bond donors (Lipinski definition) is 0. The van der Waals surface area contributed by atoms with Crippen LogP contribution in [0.4, 0.5) is 10.1 Å². The summed E-state index contributed by atoms with van der Waals surface area (Å²) in [5.74, 6) is -0.738. The first-order valence-corrected chi connectivity index (χ1v) is 3.46. The number of nitrogens with zero attached hydrogens (tertiary/aromatic N) is 1. The van der Waals surface area contributed by atoms with Gasteiger partial charge in [-0.05, 0) is 13.0 Å². The summed E-state index contributed by atoms with van der Waals surface area (Å²) in [5.41, 5.74) is -0.339. The summed E-state index contributed by atoms with van der Waals surface area (Å²) >= 11 is 0. The lowest BCUT2D eigenvalue weighted by Crippen LogP contribution is -1.96. The van der Waals surface area contributed by atoms with Gasteiger partial charge in [0.2, 0.25) is 0 Å². The molecule has 0 amide bonds. The molecule has 0 spiro atoms. The number of carbonyl (C=O) groups excluding carboxylic acids is 1. The quantitative estimate of drug-likeness (QED) is 0.399. The Morgan fingerprint density at radius 1 is 1.54 bits per heavy atom. The van der Waals surface area contributed by atoms with Gasteiger partial charge in [-0.2, -0.15) is 0 Å². The van der Waals surface area contributed by atoms with Crippen LogP contribution in [0.15, 0.2) is 12.1 Å². The Morgan fingerprint density at radius 3 is 2.62 bits per heavy atom. The number of nitro benzene ring substituents is 1. The number of rotatable bonds is 2. The van der Waals surface area contributed by atoms with Crippen LogP contribution in [-0.4, -0.2) is 11.2 Å². The standard InChI is InChI=1S/C8H6FNO3/c1-5-2-7(9)6(4-11)3-8(5)10(12)13/h2-4H,1H3. The maximum absolute atomic E-state index is 12.8. The fourth-order valence-electron chi connectivity index (χ4n) is 0.964. The molecule has 0 saturated carbocycles. The van der Waals surface area contributed by atoms with Crippen molar-refractivity contribution in [3.05, 3.63) is 39.2 Å². The maximum Gasteiger partial charge on any atom is 0.273 e.